The van der Waals surface area contributed by atoms with Gasteiger partial charge in [-0.2, -0.15) is 18.3 Å². The molecule has 140 valence electrons. The molecule has 4 rings (SSSR count). The van der Waals surface area contributed by atoms with Gasteiger partial charge in [0, 0.05) is 33.9 Å². The van der Waals surface area contributed by atoms with Crippen molar-refractivity contribution in [2.75, 3.05) is 5.32 Å². The first-order chi connectivity index (χ1) is 13.4. The van der Waals surface area contributed by atoms with Crippen LogP contribution in [-0.2, 0) is 6.18 Å². The Kier molecular flexibility index (Phi) is 4.43. The SMILES string of the molecule is Cc1nccc2c(Nc3cc(-c4ccc(C(F)(F)F)cc4)cnn3)cccc12. The normalized spacial score (nSPS) is 11.6. The zero-order chi connectivity index (χ0) is 19.7. The molecule has 0 bridgehead atoms. The maximum absolute atomic E-state index is 12.7. The van der Waals surface area contributed by atoms with Gasteiger partial charge in [0.2, 0.25) is 0 Å². The molecule has 0 aliphatic rings. The van der Waals surface area contributed by atoms with Crippen molar-refractivity contribution in [2.24, 2.45) is 0 Å². The van der Waals surface area contributed by atoms with Crippen molar-refractivity contribution in [2.45, 2.75) is 13.1 Å². The molecule has 2 heterocycles. The molecular formula is C21H15F3N4. The summed E-state index contributed by atoms with van der Waals surface area (Å²) in [6, 6.07) is 14.5. The fraction of sp³-hybridized carbons (Fsp3) is 0.0952. The number of alkyl halides is 3. The number of halogens is 3. The van der Waals surface area contributed by atoms with Crippen molar-refractivity contribution in [1.82, 2.24) is 15.2 Å². The smallest absolute Gasteiger partial charge is 0.338 e. The van der Waals surface area contributed by atoms with E-state index in [0.29, 0.717) is 16.9 Å². The molecule has 0 unspecified atom stereocenters. The molecule has 0 atom stereocenters. The Morgan fingerprint density at radius 1 is 0.893 bits per heavy atom. The first-order valence-electron chi connectivity index (χ1n) is 8.53. The zero-order valence-corrected chi connectivity index (χ0v) is 14.8. The minimum atomic E-state index is -4.36. The van der Waals surface area contributed by atoms with Crippen LogP contribution >= 0.6 is 0 Å². The number of aryl methyl sites for hydroxylation is 1. The lowest BCUT2D eigenvalue weighted by atomic mass is 10.1. The number of fused-ring (bicyclic) bond motifs is 1. The lowest BCUT2D eigenvalue weighted by molar-refractivity contribution is -0.137. The van der Waals surface area contributed by atoms with Crippen molar-refractivity contribution in [3.05, 3.63) is 78.2 Å². The highest BCUT2D eigenvalue weighted by atomic mass is 19.4. The summed E-state index contributed by atoms with van der Waals surface area (Å²) in [5.41, 5.74) is 2.39. The molecule has 0 radical (unpaired) electrons. The maximum atomic E-state index is 12.7. The van der Waals surface area contributed by atoms with Gasteiger partial charge in [-0.1, -0.05) is 24.3 Å². The van der Waals surface area contributed by atoms with Gasteiger partial charge in [-0.15, -0.1) is 5.10 Å². The van der Waals surface area contributed by atoms with Crippen molar-refractivity contribution >= 4 is 22.3 Å². The van der Waals surface area contributed by atoms with E-state index in [1.54, 1.807) is 12.3 Å². The van der Waals surface area contributed by atoms with Crippen LogP contribution in [0, 0.1) is 6.92 Å². The van der Waals surface area contributed by atoms with Crippen LogP contribution in [0.3, 0.4) is 0 Å². The van der Waals surface area contributed by atoms with E-state index in [-0.39, 0.29) is 0 Å². The second kappa shape index (κ2) is 6.92. The van der Waals surface area contributed by atoms with Crippen LogP contribution in [-0.4, -0.2) is 15.2 Å². The van der Waals surface area contributed by atoms with Gasteiger partial charge in [0.25, 0.3) is 0 Å². The molecule has 0 fully saturated rings. The van der Waals surface area contributed by atoms with Gasteiger partial charge in [0.1, 0.15) is 0 Å². The average molecular weight is 380 g/mol. The predicted octanol–water partition coefficient (Wildman–Crippen LogP) is 5.76. The van der Waals surface area contributed by atoms with Crippen molar-refractivity contribution in [3.8, 4) is 11.1 Å². The van der Waals surface area contributed by atoms with Crippen LogP contribution in [0.4, 0.5) is 24.7 Å². The van der Waals surface area contributed by atoms with E-state index in [1.165, 1.54) is 18.3 Å². The molecule has 0 aliphatic carbocycles. The van der Waals surface area contributed by atoms with E-state index >= 15 is 0 Å². The lowest BCUT2D eigenvalue weighted by Crippen LogP contribution is -2.04. The van der Waals surface area contributed by atoms with Gasteiger partial charge in [-0.25, -0.2) is 0 Å². The summed E-state index contributed by atoms with van der Waals surface area (Å²) in [4.78, 5) is 4.30. The van der Waals surface area contributed by atoms with Crippen LogP contribution in [0.5, 0.6) is 0 Å². The quantitative estimate of drug-likeness (QED) is 0.491. The Morgan fingerprint density at radius 3 is 2.43 bits per heavy atom. The summed E-state index contributed by atoms with van der Waals surface area (Å²) in [6.07, 6.45) is -1.10. The van der Waals surface area contributed by atoms with Gasteiger partial charge in [0.15, 0.2) is 5.82 Å². The standard InChI is InChI=1S/C21H15F3N4/c1-13-17-3-2-4-19(18(17)9-10-25-13)27-20-11-15(12-26-28-20)14-5-7-16(8-6-14)21(22,23)24/h2-12H,1H3,(H,27,28). The van der Waals surface area contributed by atoms with E-state index in [0.717, 1.165) is 34.3 Å². The second-order valence-corrected chi connectivity index (χ2v) is 6.33. The third-order valence-corrected chi connectivity index (χ3v) is 4.47. The average Bonchev–Trinajstić information content (AvgIpc) is 2.69. The number of nitrogens with one attached hydrogen (secondary N) is 1. The van der Waals surface area contributed by atoms with E-state index in [4.69, 9.17) is 0 Å². The minimum absolute atomic E-state index is 0.499. The molecule has 0 saturated carbocycles. The number of rotatable bonds is 3. The molecule has 0 amide bonds. The Bertz CT molecular complexity index is 1140. The molecule has 0 aliphatic heterocycles. The lowest BCUT2D eigenvalue weighted by Gasteiger charge is -2.11. The van der Waals surface area contributed by atoms with E-state index in [1.807, 2.05) is 31.2 Å². The summed E-state index contributed by atoms with van der Waals surface area (Å²) < 4.78 is 38.2. The topological polar surface area (TPSA) is 50.7 Å². The molecule has 4 nitrogen and oxygen atoms in total. The molecule has 0 spiro atoms. The summed E-state index contributed by atoms with van der Waals surface area (Å²) in [6.45, 7) is 1.94. The minimum Gasteiger partial charge on any atom is -0.338 e. The molecule has 2 aromatic heterocycles. The first-order valence-corrected chi connectivity index (χ1v) is 8.53. The summed E-state index contributed by atoms with van der Waals surface area (Å²) in [5, 5.41) is 13.3. The zero-order valence-electron chi connectivity index (χ0n) is 14.8. The third-order valence-electron chi connectivity index (χ3n) is 4.47. The third kappa shape index (κ3) is 3.51. The number of benzene rings is 2. The van der Waals surface area contributed by atoms with Crippen LogP contribution in [0.15, 0.2) is 67.0 Å². The Morgan fingerprint density at radius 2 is 1.68 bits per heavy atom. The van der Waals surface area contributed by atoms with Gasteiger partial charge in [-0.05, 0) is 42.8 Å². The maximum Gasteiger partial charge on any atom is 0.416 e. The molecule has 4 aromatic rings. The van der Waals surface area contributed by atoms with Crippen molar-refractivity contribution in [3.63, 3.8) is 0 Å². The highest BCUT2D eigenvalue weighted by Gasteiger charge is 2.29. The molecule has 28 heavy (non-hydrogen) atoms. The molecular weight excluding hydrogens is 365 g/mol. The highest BCUT2D eigenvalue weighted by molar-refractivity contribution is 5.96. The monoisotopic (exact) mass is 380 g/mol. The van der Waals surface area contributed by atoms with Crippen LogP contribution in [0.25, 0.3) is 21.9 Å². The van der Waals surface area contributed by atoms with Gasteiger partial charge < -0.3 is 5.32 Å². The van der Waals surface area contributed by atoms with Gasteiger partial charge >= 0.3 is 6.18 Å². The van der Waals surface area contributed by atoms with Crippen LogP contribution in [0.1, 0.15) is 11.3 Å². The number of hydrogen-bond acceptors (Lipinski definition) is 4. The van der Waals surface area contributed by atoms with Crippen LogP contribution in [0.2, 0.25) is 0 Å². The van der Waals surface area contributed by atoms with Crippen LogP contribution < -0.4 is 5.32 Å². The number of anilines is 2. The second-order valence-electron chi connectivity index (χ2n) is 6.33. The predicted molar refractivity (Wildman–Crippen MR) is 102 cm³/mol. The molecule has 1 N–H and O–H groups in total. The van der Waals surface area contributed by atoms with E-state index in [9.17, 15) is 13.2 Å². The van der Waals surface area contributed by atoms with E-state index in [2.05, 4.69) is 20.5 Å². The Hall–Kier alpha value is -3.48. The largest absolute Gasteiger partial charge is 0.416 e. The summed E-state index contributed by atoms with van der Waals surface area (Å²) in [7, 11) is 0. The van der Waals surface area contributed by atoms with Crippen molar-refractivity contribution in [1.29, 1.82) is 0 Å². The number of hydrogen-bond donors (Lipinski definition) is 1. The fourth-order valence-corrected chi connectivity index (χ4v) is 3.04. The van der Waals surface area contributed by atoms with E-state index < -0.39 is 11.7 Å². The summed E-state index contributed by atoms with van der Waals surface area (Å²) in [5.74, 6) is 0.499. The number of aromatic nitrogens is 3. The molecule has 0 saturated heterocycles. The van der Waals surface area contributed by atoms with Crippen molar-refractivity contribution < 1.29 is 13.2 Å². The first kappa shape index (κ1) is 17.9. The highest BCUT2D eigenvalue weighted by Crippen LogP contribution is 2.32. The summed E-state index contributed by atoms with van der Waals surface area (Å²) >= 11 is 0. The molecule has 2 aromatic carbocycles. The fourth-order valence-electron chi connectivity index (χ4n) is 3.04. The molecule has 7 heteroatoms. The van der Waals surface area contributed by atoms with Gasteiger partial charge in [-0.3, -0.25) is 4.98 Å². The number of pyridine rings is 1. The Labute approximate surface area is 159 Å². The van der Waals surface area contributed by atoms with Gasteiger partial charge in [0.05, 0.1) is 11.8 Å². The Balaban J connectivity index is 1.66. The number of nitrogens with zero attached hydrogens (tertiary/aromatic N) is 3.